The molecule has 0 spiro atoms. The Hall–Kier alpha value is -1.76. The number of nitrogens with zero attached hydrogens (tertiary/aromatic N) is 2. The number of halogens is 3. The first-order valence-corrected chi connectivity index (χ1v) is 12.4. The lowest BCUT2D eigenvalue weighted by Gasteiger charge is -2.37. The maximum Gasteiger partial charge on any atom is 0.239 e. The quantitative estimate of drug-likeness (QED) is 0.467. The molecular formula is C24H24Cl3N3OS. The van der Waals surface area contributed by atoms with E-state index in [1.165, 1.54) is 5.56 Å². The molecule has 0 bridgehead atoms. The van der Waals surface area contributed by atoms with Crippen molar-refractivity contribution in [2.24, 2.45) is 5.73 Å². The fourth-order valence-electron chi connectivity index (χ4n) is 3.95. The first-order chi connectivity index (χ1) is 15.3. The van der Waals surface area contributed by atoms with Gasteiger partial charge in [-0.3, -0.25) is 4.79 Å². The minimum absolute atomic E-state index is 0.00746. The number of piperazine rings is 1. The zero-order valence-corrected chi connectivity index (χ0v) is 20.7. The van der Waals surface area contributed by atoms with Crippen molar-refractivity contribution < 1.29 is 4.79 Å². The SMILES string of the molecule is Cc1ccc(Cl)cc1N1CCN(C(=O)C(N)Cc2ccc(-c3ccc(Cl)cc3Cl)s2)CC1. The Balaban J connectivity index is 1.36. The van der Waals surface area contributed by atoms with Gasteiger partial charge in [0, 0.05) is 63.7 Å². The fraction of sp³-hybridized carbons (Fsp3) is 0.292. The summed E-state index contributed by atoms with van der Waals surface area (Å²) in [5.74, 6) is -0.00746. The van der Waals surface area contributed by atoms with Crippen molar-refractivity contribution in [1.82, 2.24) is 4.90 Å². The smallest absolute Gasteiger partial charge is 0.239 e. The molecule has 8 heteroatoms. The van der Waals surface area contributed by atoms with Gasteiger partial charge in [0.25, 0.3) is 0 Å². The van der Waals surface area contributed by atoms with E-state index < -0.39 is 6.04 Å². The third kappa shape index (κ3) is 5.24. The van der Waals surface area contributed by atoms with Crippen molar-refractivity contribution in [3.63, 3.8) is 0 Å². The standard InChI is InChI=1S/C24H24Cl3N3OS/c1-15-2-3-17(26)13-22(15)29-8-10-30(11-9-29)24(31)21(28)14-18-5-7-23(32-18)19-6-4-16(25)12-20(19)27/h2-7,12-13,21H,8-11,14,28H2,1H3. The largest absolute Gasteiger partial charge is 0.368 e. The first-order valence-electron chi connectivity index (χ1n) is 10.4. The molecule has 1 aliphatic heterocycles. The van der Waals surface area contributed by atoms with E-state index in [1.54, 1.807) is 17.4 Å². The fourth-order valence-corrected chi connectivity index (χ4v) is 5.79. The molecule has 1 unspecified atom stereocenters. The van der Waals surface area contributed by atoms with Crippen LogP contribution in [0.3, 0.4) is 0 Å². The molecule has 3 aromatic rings. The predicted octanol–water partition coefficient (Wildman–Crippen LogP) is 5.90. The van der Waals surface area contributed by atoms with Crippen molar-refractivity contribution in [2.75, 3.05) is 31.1 Å². The lowest BCUT2D eigenvalue weighted by molar-refractivity contribution is -0.132. The van der Waals surface area contributed by atoms with Crippen LogP contribution in [0.4, 0.5) is 5.69 Å². The summed E-state index contributed by atoms with van der Waals surface area (Å²) < 4.78 is 0. The summed E-state index contributed by atoms with van der Waals surface area (Å²) in [5.41, 5.74) is 9.55. The van der Waals surface area contributed by atoms with Crippen LogP contribution >= 0.6 is 46.1 Å². The molecule has 4 nitrogen and oxygen atoms in total. The van der Waals surface area contributed by atoms with Crippen molar-refractivity contribution >= 4 is 57.7 Å². The molecule has 2 heterocycles. The molecule has 1 amide bonds. The van der Waals surface area contributed by atoms with Crippen LogP contribution in [-0.2, 0) is 11.2 Å². The van der Waals surface area contributed by atoms with Gasteiger partial charge in [-0.1, -0.05) is 46.9 Å². The van der Waals surface area contributed by atoms with Crippen LogP contribution in [0.25, 0.3) is 10.4 Å². The van der Waals surface area contributed by atoms with Crippen LogP contribution in [-0.4, -0.2) is 43.0 Å². The summed E-state index contributed by atoms with van der Waals surface area (Å²) in [6.07, 6.45) is 0.502. The maximum absolute atomic E-state index is 13.0. The molecule has 0 radical (unpaired) electrons. The van der Waals surface area contributed by atoms with Crippen LogP contribution < -0.4 is 10.6 Å². The van der Waals surface area contributed by atoms with Gasteiger partial charge in [-0.25, -0.2) is 0 Å². The molecule has 1 saturated heterocycles. The summed E-state index contributed by atoms with van der Waals surface area (Å²) >= 11 is 20.1. The van der Waals surface area contributed by atoms with Crippen LogP contribution in [0.5, 0.6) is 0 Å². The second-order valence-electron chi connectivity index (χ2n) is 7.94. The number of hydrogen-bond acceptors (Lipinski definition) is 4. The van der Waals surface area contributed by atoms with Crippen molar-refractivity contribution in [3.8, 4) is 10.4 Å². The number of thiophene rings is 1. The highest BCUT2D eigenvalue weighted by atomic mass is 35.5. The molecule has 168 valence electrons. The third-order valence-corrected chi connectivity index (χ3v) is 7.62. The molecule has 2 aromatic carbocycles. The Kier molecular flexibility index (Phi) is 7.33. The van der Waals surface area contributed by atoms with E-state index in [9.17, 15) is 4.79 Å². The number of carbonyl (C=O) groups is 1. The van der Waals surface area contributed by atoms with Gasteiger partial charge in [0.15, 0.2) is 0 Å². The van der Waals surface area contributed by atoms with Crippen LogP contribution in [0.15, 0.2) is 48.5 Å². The van der Waals surface area contributed by atoms with E-state index in [0.29, 0.717) is 29.6 Å². The van der Waals surface area contributed by atoms with Crippen LogP contribution in [0.2, 0.25) is 15.1 Å². The Labute approximate surface area is 207 Å². The topological polar surface area (TPSA) is 49.6 Å². The molecule has 4 rings (SSSR count). The molecule has 1 atom stereocenters. The van der Waals surface area contributed by atoms with Gasteiger partial charge in [-0.05, 0) is 48.9 Å². The van der Waals surface area contributed by atoms with Gasteiger partial charge in [-0.15, -0.1) is 11.3 Å². The molecule has 32 heavy (non-hydrogen) atoms. The van der Waals surface area contributed by atoms with Crippen molar-refractivity contribution in [1.29, 1.82) is 0 Å². The normalized spacial score (nSPS) is 15.2. The minimum Gasteiger partial charge on any atom is -0.368 e. The summed E-state index contributed by atoms with van der Waals surface area (Å²) in [6.45, 7) is 4.89. The molecule has 1 aliphatic rings. The van der Waals surface area contributed by atoms with Gasteiger partial charge < -0.3 is 15.5 Å². The van der Waals surface area contributed by atoms with E-state index in [0.717, 1.165) is 39.1 Å². The molecule has 0 aliphatic carbocycles. The number of aryl methyl sites for hydroxylation is 1. The van der Waals surface area contributed by atoms with Gasteiger partial charge in [0.1, 0.15) is 0 Å². The molecule has 1 fully saturated rings. The Morgan fingerprint density at radius 1 is 1.00 bits per heavy atom. The average Bonchev–Trinajstić information content (AvgIpc) is 3.23. The number of anilines is 1. The first kappa shape index (κ1) is 23.4. The van der Waals surface area contributed by atoms with Crippen LogP contribution in [0, 0.1) is 6.92 Å². The van der Waals surface area contributed by atoms with E-state index in [2.05, 4.69) is 11.8 Å². The zero-order chi connectivity index (χ0) is 22.8. The van der Waals surface area contributed by atoms with Crippen molar-refractivity contribution in [3.05, 3.63) is 74.0 Å². The number of amides is 1. The summed E-state index contributed by atoms with van der Waals surface area (Å²) in [6, 6.07) is 14.8. The molecular weight excluding hydrogens is 485 g/mol. The second-order valence-corrected chi connectivity index (χ2v) is 10.4. The monoisotopic (exact) mass is 507 g/mol. The minimum atomic E-state index is -0.568. The summed E-state index contributed by atoms with van der Waals surface area (Å²) in [5, 5.41) is 1.94. The number of rotatable bonds is 5. The van der Waals surface area contributed by atoms with Crippen molar-refractivity contribution in [2.45, 2.75) is 19.4 Å². The number of benzene rings is 2. The van der Waals surface area contributed by atoms with E-state index >= 15 is 0 Å². The van der Waals surface area contributed by atoms with E-state index in [-0.39, 0.29) is 5.91 Å². The number of nitrogens with two attached hydrogens (primary N) is 1. The molecule has 2 N–H and O–H groups in total. The summed E-state index contributed by atoms with van der Waals surface area (Å²) in [7, 11) is 0. The lowest BCUT2D eigenvalue weighted by Crippen LogP contribution is -2.53. The van der Waals surface area contributed by atoms with Gasteiger partial charge in [0.2, 0.25) is 5.91 Å². The Morgan fingerprint density at radius 2 is 1.69 bits per heavy atom. The highest BCUT2D eigenvalue weighted by Gasteiger charge is 2.26. The van der Waals surface area contributed by atoms with Gasteiger partial charge in [0.05, 0.1) is 11.1 Å². The highest BCUT2D eigenvalue weighted by Crippen LogP contribution is 2.35. The predicted molar refractivity (Wildman–Crippen MR) is 136 cm³/mol. The maximum atomic E-state index is 13.0. The zero-order valence-electron chi connectivity index (χ0n) is 17.7. The third-order valence-electron chi connectivity index (χ3n) is 5.70. The van der Waals surface area contributed by atoms with Gasteiger partial charge >= 0.3 is 0 Å². The second kappa shape index (κ2) is 10.0. The Morgan fingerprint density at radius 3 is 2.41 bits per heavy atom. The molecule has 0 saturated carbocycles. The number of hydrogen-bond donors (Lipinski definition) is 1. The van der Waals surface area contributed by atoms with E-state index in [1.807, 2.05) is 47.4 Å². The molecule has 1 aromatic heterocycles. The summed E-state index contributed by atoms with van der Waals surface area (Å²) in [4.78, 5) is 19.2. The van der Waals surface area contributed by atoms with E-state index in [4.69, 9.17) is 40.5 Å². The van der Waals surface area contributed by atoms with Gasteiger partial charge in [-0.2, -0.15) is 0 Å². The average molecular weight is 509 g/mol. The Bertz CT molecular complexity index is 1130. The highest BCUT2D eigenvalue weighted by molar-refractivity contribution is 7.15. The lowest BCUT2D eigenvalue weighted by atomic mass is 10.1. The van der Waals surface area contributed by atoms with Crippen LogP contribution in [0.1, 0.15) is 10.4 Å². The number of carbonyl (C=O) groups excluding carboxylic acids is 1.